The number of hydrogen-bond acceptors (Lipinski definition) is 3. The highest BCUT2D eigenvalue weighted by Gasteiger charge is 2.20. The number of sulfonamides is 1. The van der Waals surface area contributed by atoms with Crippen LogP contribution in [0, 0.1) is 0 Å². The van der Waals surface area contributed by atoms with Gasteiger partial charge in [0.25, 0.3) is 0 Å². The Balaban J connectivity index is 2.71. The van der Waals surface area contributed by atoms with E-state index in [4.69, 9.17) is 16.7 Å². The molecule has 0 aliphatic heterocycles. The number of hydrogen-bond donors (Lipinski definition) is 1. The average molecular weight is 320 g/mol. The SMILES string of the molecule is CCN(Cc1cccc(Cl)c1)S(=O)(=O)CCCC(=O)O. The van der Waals surface area contributed by atoms with E-state index in [-0.39, 0.29) is 25.1 Å². The summed E-state index contributed by atoms with van der Waals surface area (Å²) in [6, 6.07) is 7.02. The van der Waals surface area contributed by atoms with Crippen LogP contribution in [0.4, 0.5) is 0 Å². The highest BCUT2D eigenvalue weighted by molar-refractivity contribution is 7.89. The Kier molecular flexibility index (Phi) is 6.45. The Morgan fingerprint density at radius 1 is 1.40 bits per heavy atom. The topological polar surface area (TPSA) is 74.7 Å². The zero-order chi connectivity index (χ0) is 15.2. The summed E-state index contributed by atoms with van der Waals surface area (Å²) in [6.07, 6.45) is -0.0301. The van der Waals surface area contributed by atoms with Gasteiger partial charge in [0.15, 0.2) is 0 Å². The largest absolute Gasteiger partial charge is 0.481 e. The summed E-state index contributed by atoms with van der Waals surface area (Å²) in [7, 11) is -3.45. The fraction of sp³-hybridized carbons (Fsp3) is 0.462. The molecule has 0 amide bonds. The maximum absolute atomic E-state index is 12.1. The molecule has 0 atom stereocenters. The highest BCUT2D eigenvalue weighted by Crippen LogP contribution is 2.15. The van der Waals surface area contributed by atoms with Gasteiger partial charge in [-0.05, 0) is 24.1 Å². The van der Waals surface area contributed by atoms with Gasteiger partial charge in [-0.2, -0.15) is 4.31 Å². The van der Waals surface area contributed by atoms with Crippen LogP contribution in [-0.2, 0) is 21.4 Å². The molecule has 0 saturated carbocycles. The van der Waals surface area contributed by atoms with E-state index in [1.54, 1.807) is 31.2 Å². The number of halogens is 1. The second kappa shape index (κ2) is 7.61. The van der Waals surface area contributed by atoms with Crippen molar-refractivity contribution in [3.05, 3.63) is 34.9 Å². The van der Waals surface area contributed by atoms with E-state index >= 15 is 0 Å². The maximum Gasteiger partial charge on any atom is 0.303 e. The van der Waals surface area contributed by atoms with Crippen molar-refractivity contribution in [1.29, 1.82) is 0 Å². The van der Waals surface area contributed by atoms with E-state index in [2.05, 4.69) is 0 Å². The van der Waals surface area contributed by atoms with Crippen molar-refractivity contribution in [2.24, 2.45) is 0 Å². The molecule has 0 unspecified atom stereocenters. The van der Waals surface area contributed by atoms with Crippen LogP contribution in [0.5, 0.6) is 0 Å². The van der Waals surface area contributed by atoms with Crippen molar-refractivity contribution in [3.63, 3.8) is 0 Å². The Hall–Kier alpha value is -1.11. The van der Waals surface area contributed by atoms with E-state index in [9.17, 15) is 13.2 Å². The van der Waals surface area contributed by atoms with Gasteiger partial charge >= 0.3 is 5.97 Å². The molecule has 0 fully saturated rings. The van der Waals surface area contributed by atoms with Crippen molar-refractivity contribution >= 4 is 27.6 Å². The lowest BCUT2D eigenvalue weighted by Crippen LogP contribution is -2.32. The summed E-state index contributed by atoms with van der Waals surface area (Å²) in [5.74, 6) is -1.15. The molecular formula is C13H18ClNO4S. The molecule has 0 bridgehead atoms. The van der Waals surface area contributed by atoms with Gasteiger partial charge in [-0.3, -0.25) is 4.79 Å². The van der Waals surface area contributed by atoms with Gasteiger partial charge in [-0.25, -0.2) is 8.42 Å². The number of aliphatic carboxylic acids is 1. The smallest absolute Gasteiger partial charge is 0.303 e. The molecule has 1 N–H and O–H groups in total. The molecule has 0 spiro atoms. The third-order valence-corrected chi connectivity index (χ3v) is 5.00. The third kappa shape index (κ3) is 5.48. The summed E-state index contributed by atoms with van der Waals surface area (Å²) in [5.41, 5.74) is 0.807. The highest BCUT2D eigenvalue weighted by atomic mass is 35.5. The first-order chi connectivity index (χ1) is 9.35. The maximum atomic E-state index is 12.1. The molecular weight excluding hydrogens is 302 g/mol. The molecule has 1 aromatic carbocycles. The van der Waals surface area contributed by atoms with Gasteiger partial charge in [0, 0.05) is 24.5 Å². The van der Waals surface area contributed by atoms with Gasteiger partial charge in [-0.15, -0.1) is 0 Å². The first-order valence-electron chi connectivity index (χ1n) is 6.29. The summed E-state index contributed by atoms with van der Waals surface area (Å²) in [5, 5.41) is 9.11. The summed E-state index contributed by atoms with van der Waals surface area (Å²) in [4.78, 5) is 10.4. The normalized spacial score (nSPS) is 11.8. The van der Waals surface area contributed by atoms with Crippen LogP contribution in [0.15, 0.2) is 24.3 Å². The van der Waals surface area contributed by atoms with Gasteiger partial charge in [0.2, 0.25) is 10.0 Å². The van der Waals surface area contributed by atoms with Crippen molar-refractivity contribution < 1.29 is 18.3 Å². The van der Waals surface area contributed by atoms with Gasteiger partial charge in [0.05, 0.1) is 5.75 Å². The number of rotatable bonds is 8. The minimum absolute atomic E-state index is 0.115. The van der Waals surface area contributed by atoms with Crippen molar-refractivity contribution in [2.45, 2.75) is 26.3 Å². The number of benzene rings is 1. The number of carboxylic acid groups (broad SMARTS) is 1. The van der Waals surface area contributed by atoms with Crippen LogP contribution < -0.4 is 0 Å². The lowest BCUT2D eigenvalue weighted by Gasteiger charge is -2.20. The minimum atomic E-state index is -3.45. The van der Waals surface area contributed by atoms with E-state index in [0.29, 0.717) is 11.6 Å². The van der Waals surface area contributed by atoms with Gasteiger partial charge in [0.1, 0.15) is 0 Å². The Labute approximate surface area is 124 Å². The molecule has 1 rings (SSSR count). The van der Waals surface area contributed by atoms with Crippen molar-refractivity contribution in [3.8, 4) is 0 Å². The Morgan fingerprint density at radius 2 is 2.10 bits per heavy atom. The molecule has 1 aromatic rings. The Morgan fingerprint density at radius 3 is 2.65 bits per heavy atom. The summed E-state index contributed by atoms with van der Waals surface area (Å²) < 4.78 is 25.6. The monoisotopic (exact) mass is 319 g/mol. The summed E-state index contributed by atoms with van der Waals surface area (Å²) >= 11 is 5.87. The quantitative estimate of drug-likeness (QED) is 0.798. The molecule has 20 heavy (non-hydrogen) atoms. The number of carbonyl (C=O) groups is 1. The zero-order valence-electron chi connectivity index (χ0n) is 11.3. The minimum Gasteiger partial charge on any atom is -0.481 e. The summed E-state index contributed by atoms with van der Waals surface area (Å²) in [6.45, 7) is 2.33. The van der Waals surface area contributed by atoms with Gasteiger partial charge < -0.3 is 5.11 Å². The standard InChI is InChI=1S/C13H18ClNO4S/c1-2-15(10-11-5-3-6-12(14)9-11)20(18,19)8-4-7-13(16)17/h3,5-6,9H,2,4,7-8,10H2,1H3,(H,16,17). The average Bonchev–Trinajstić information content (AvgIpc) is 2.35. The lowest BCUT2D eigenvalue weighted by atomic mass is 10.2. The lowest BCUT2D eigenvalue weighted by molar-refractivity contribution is -0.137. The molecule has 0 aromatic heterocycles. The van der Waals surface area contributed by atoms with Crippen LogP contribution in [0.3, 0.4) is 0 Å². The molecule has 0 aliphatic carbocycles. The molecule has 112 valence electrons. The van der Waals surface area contributed by atoms with Crippen LogP contribution >= 0.6 is 11.6 Å². The number of nitrogens with zero attached hydrogens (tertiary/aromatic N) is 1. The molecule has 0 aliphatic rings. The second-order valence-electron chi connectivity index (χ2n) is 4.37. The predicted molar refractivity (Wildman–Crippen MR) is 78.2 cm³/mol. The molecule has 7 heteroatoms. The van der Waals surface area contributed by atoms with Crippen molar-refractivity contribution in [1.82, 2.24) is 4.31 Å². The molecule has 0 radical (unpaired) electrons. The van der Waals surface area contributed by atoms with E-state index < -0.39 is 16.0 Å². The zero-order valence-corrected chi connectivity index (χ0v) is 12.8. The van der Waals surface area contributed by atoms with Crippen LogP contribution in [0.2, 0.25) is 5.02 Å². The van der Waals surface area contributed by atoms with E-state index in [1.807, 2.05) is 0 Å². The molecule has 5 nitrogen and oxygen atoms in total. The van der Waals surface area contributed by atoms with E-state index in [0.717, 1.165) is 5.56 Å². The fourth-order valence-electron chi connectivity index (χ4n) is 1.78. The van der Waals surface area contributed by atoms with Crippen LogP contribution in [-0.4, -0.2) is 36.1 Å². The molecule has 0 saturated heterocycles. The third-order valence-electron chi connectivity index (χ3n) is 2.79. The second-order valence-corrected chi connectivity index (χ2v) is 6.89. The van der Waals surface area contributed by atoms with E-state index in [1.165, 1.54) is 4.31 Å². The predicted octanol–water partition coefficient (Wildman–Crippen LogP) is 2.36. The van der Waals surface area contributed by atoms with Gasteiger partial charge in [-0.1, -0.05) is 30.7 Å². The first-order valence-corrected chi connectivity index (χ1v) is 8.28. The first kappa shape index (κ1) is 16.9. The number of carboxylic acids is 1. The van der Waals surface area contributed by atoms with Crippen LogP contribution in [0.1, 0.15) is 25.3 Å². The van der Waals surface area contributed by atoms with Crippen molar-refractivity contribution in [2.75, 3.05) is 12.3 Å². The Bertz CT molecular complexity index is 559. The fourth-order valence-corrected chi connectivity index (χ4v) is 3.50. The van der Waals surface area contributed by atoms with Crippen LogP contribution in [0.25, 0.3) is 0 Å². The molecule has 0 heterocycles.